The van der Waals surface area contributed by atoms with Gasteiger partial charge in [0.2, 0.25) is 0 Å². The zero-order chi connectivity index (χ0) is 23.3. The standard InChI is InChI=1S/C28H27O4P/c1-2-32-27(31)28(20-12-19-25(28)29)26(30)21-33(22-13-6-3-7-14-22,23-15-8-4-9-16-23)24-17-10-5-11-18-24/h3-11,13-18,21H,2,12,19-20H2,1H3/t28-/m1/s1. The number of benzene rings is 3. The molecule has 3 aromatic carbocycles. The number of hydrogen-bond acceptors (Lipinski definition) is 4. The van der Waals surface area contributed by atoms with E-state index in [2.05, 4.69) is 0 Å². The maximum atomic E-state index is 14.1. The van der Waals surface area contributed by atoms with Gasteiger partial charge in [-0.15, -0.1) is 0 Å². The van der Waals surface area contributed by atoms with E-state index in [0.29, 0.717) is 6.42 Å². The highest BCUT2D eigenvalue weighted by Crippen LogP contribution is 2.46. The largest absolute Gasteiger partial charge is 0.465 e. The van der Waals surface area contributed by atoms with E-state index in [1.807, 2.05) is 91.0 Å². The molecule has 3 aromatic rings. The molecule has 0 amide bonds. The summed E-state index contributed by atoms with van der Waals surface area (Å²) in [6, 6.07) is 29.7. The highest BCUT2D eigenvalue weighted by atomic mass is 31.2. The molecule has 0 heterocycles. The van der Waals surface area contributed by atoms with Gasteiger partial charge in [0.05, 0.1) is 6.61 Å². The number of ether oxygens (including phenoxy) is 1. The van der Waals surface area contributed by atoms with E-state index in [0.717, 1.165) is 15.9 Å². The summed E-state index contributed by atoms with van der Waals surface area (Å²) in [5.41, 5.74) is -1.75. The highest BCUT2D eigenvalue weighted by molar-refractivity contribution is 7.95. The van der Waals surface area contributed by atoms with Gasteiger partial charge in [0.15, 0.2) is 17.0 Å². The van der Waals surface area contributed by atoms with Crippen LogP contribution in [-0.4, -0.2) is 29.9 Å². The molecule has 0 unspecified atom stereocenters. The normalized spacial score (nSPS) is 18.0. The van der Waals surface area contributed by atoms with Gasteiger partial charge in [-0.3, -0.25) is 14.4 Å². The van der Waals surface area contributed by atoms with E-state index in [9.17, 15) is 14.4 Å². The van der Waals surface area contributed by atoms with Gasteiger partial charge in [0.25, 0.3) is 0 Å². The van der Waals surface area contributed by atoms with Crippen LogP contribution in [0.15, 0.2) is 91.0 Å². The van der Waals surface area contributed by atoms with Crippen molar-refractivity contribution in [1.82, 2.24) is 0 Å². The molecule has 1 aliphatic rings. The third-order valence-electron chi connectivity index (χ3n) is 6.28. The summed E-state index contributed by atoms with van der Waals surface area (Å²) >= 11 is 0. The van der Waals surface area contributed by atoms with Crippen molar-refractivity contribution in [2.24, 2.45) is 5.41 Å². The Hall–Kier alpha value is -3.23. The summed E-state index contributed by atoms with van der Waals surface area (Å²) in [7, 11) is 0. The molecule has 0 aliphatic heterocycles. The molecule has 0 N–H and O–H groups in total. The van der Waals surface area contributed by atoms with Crippen molar-refractivity contribution in [3.8, 4) is 0 Å². The lowest BCUT2D eigenvalue weighted by Crippen LogP contribution is -2.46. The van der Waals surface area contributed by atoms with Crippen molar-refractivity contribution in [3.63, 3.8) is 0 Å². The zero-order valence-electron chi connectivity index (χ0n) is 18.6. The molecular weight excluding hydrogens is 431 g/mol. The van der Waals surface area contributed by atoms with E-state index >= 15 is 0 Å². The Balaban J connectivity index is 2.06. The Kier molecular flexibility index (Phi) is 6.76. The lowest BCUT2D eigenvalue weighted by molar-refractivity contribution is -0.160. The SMILES string of the molecule is CCOC(=O)[C@]1(C(=O)C=P(c2ccccc2)(c2ccccc2)c2ccccc2)CCCC1=O. The Labute approximate surface area is 194 Å². The molecule has 0 radical (unpaired) electrons. The molecule has 4 rings (SSSR count). The molecular formula is C28H27O4P. The van der Waals surface area contributed by atoms with Crippen molar-refractivity contribution in [2.45, 2.75) is 26.2 Å². The fraction of sp³-hybridized carbons (Fsp3) is 0.214. The quantitative estimate of drug-likeness (QED) is 0.308. The number of hydrogen-bond donors (Lipinski definition) is 0. The van der Waals surface area contributed by atoms with Crippen molar-refractivity contribution < 1.29 is 19.1 Å². The van der Waals surface area contributed by atoms with Gasteiger partial charge in [0.1, 0.15) is 0 Å². The molecule has 1 fully saturated rings. The van der Waals surface area contributed by atoms with E-state index in [4.69, 9.17) is 4.74 Å². The van der Waals surface area contributed by atoms with Crippen LogP contribution in [0.25, 0.3) is 0 Å². The second-order valence-electron chi connectivity index (χ2n) is 8.13. The van der Waals surface area contributed by atoms with Gasteiger partial charge in [-0.25, -0.2) is 0 Å². The fourth-order valence-corrected chi connectivity index (χ4v) is 8.49. The molecule has 0 aromatic heterocycles. The van der Waals surface area contributed by atoms with E-state index in [1.54, 1.807) is 12.7 Å². The molecule has 1 atom stereocenters. The summed E-state index contributed by atoms with van der Waals surface area (Å²) in [6.07, 6.45) is 0.912. The average Bonchev–Trinajstić information content (AvgIpc) is 3.26. The minimum atomic E-state index is -2.62. The number of rotatable bonds is 7. The van der Waals surface area contributed by atoms with Crippen LogP contribution in [0.2, 0.25) is 0 Å². The van der Waals surface area contributed by atoms with Crippen LogP contribution in [0.5, 0.6) is 0 Å². The minimum Gasteiger partial charge on any atom is -0.465 e. The van der Waals surface area contributed by atoms with Crippen LogP contribution in [-0.2, 0) is 19.1 Å². The van der Waals surface area contributed by atoms with Crippen LogP contribution in [0.4, 0.5) is 0 Å². The zero-order valence-corrected chi connectivity index (χ0v) is 19.5. The summed E-state index contributed by atoms with van der Waals surface area (Å²) < 4.78 is 5.26. The van der Waals surface area contributed by atoms with Crippen LogP contribution < -0.4 is 15.9 Å². The van der Waals surface area contributed by atoms with Crippen LogP contribution >= 0.6 is 6.89 Å². The number of carbonyl (C=O) groups is 3. The maximum absolute atomic E-state index is 14.1. The van der Waals surface area contributed by atoms with Gasteiger partial charge < -0.3 is 4.74 Å². The molecule has 1 aliphatic carbocycles. The predicted octanol–water partition coefficient (Wildman–Crippen LogP) is 3.65. The molecule has 0 spiro atoms. The first-order valence-corrected chi connectivity index (χ1v) is 13.1. The molecule has 0 saturated heterocycles. The lowest BCUT2D eigenvalue weighted by atomic mass is 9.81. The maximum Gasteiger partial charge on any atom is 0.327 e. The fourth-order valence-electron chi connectivity index (χ4n) is 4.64. The smallest absolute Gasteiger partial charge is 0.327 e. The Bertz CT molecular complexity index is 1100. The second kappa shape index (κ2) is 9.72. The van der Waals surface area contributed by atoms with E-state index in [1.165, 1.54) is 0 Å². The first-order chi connectivity index (χ1) is 16.1. The minimum absolute atomic E-state index is 0.123. The van der Waals surface area contributed by atoms with Crippen LogP contribution in [0.3, 0.4) is 0 Å². The molecule has 0 bridgehead atoms. The Morgan fingerprint density at radius 1 is 0.848 bits per heavy atom. The van der Waals surface area contributed by atoms with Gasteiger partial charge >= 0.3 is 5.97 Å². The topological polar surface area (TPSA) is 60.4 Å². The Morgan fingerprint density at radius 2 is 1.30 bits per heavy atom. The van der Waals surface area contributed by atoms with Gasteiger partial charge in [-0.1, -0.05) is 91.0 Å². The number of ketones is 2. The number of carbonyl (C=O) groups excluding carboxylic acids is 3. The molecule has 1 saturated carbocycles. The highest BCUT2D eigenvalue weighted by Gasteiger charge is 2.55. The summed E-state index contributed by atoms with van der Waals surface area (Å²) in [5.74, 6) is 0.177. The number of esters is 1. The summed E-state index contributed by atoms with van der Waals surface area (Å²) in [6.45, 7) is -0.813. The average molecular weight is 458 g/mol. The first kappa shape index (κ1) is 22.9. The van der Waals surface area contributed by atoms with E-state index in [-0.39, 0.29) is 25.2 Å². The third kappa shape index (κ3) is 4.00. The predicted molar refractivity (Wildman–Crippen MR) is 134 cm³/mol. The van der Waals surface area contributed by atoms with Crippen molar-refractivity contribution >= 4 is 46.1 Å². The van der Waals surface area contributed by atoms with Crippen LogP contribution in [0, 0.1) is 5.41 Å². The number of Topliss-reactive ketones (excluding diaryl/α,β-unsaturated/α-hetero) is 2. The molecule has 5 heteroatoms. The first-order valence-electron chi connectivity index (χ1n) is 11.2. The molecule has 168 valence electrons. The molecule has 33 heavy (non-hydrogen) atoms. The Morgan fingerprint density at radius 3 is 1.67 bits per heavy atom. The second-order valence-corrected chi connectivity index (χ2v) is 11.4. The summed E-state index contributed by atoms with van der Waals surface area (Å²) in [4.78, 5) is 40.1. The van der Waals surface area contributed by atoms with Gasteiger partial charge in [0, 0.05) is 6.42 Å². The third-order valence-corrected chi connectivity index (χ3v) is 10.2. The van der Waals surface area contributed by atoms with Crippen molar-refractivity contribution in [1.29, 1.82) is 0 Å². The molecule has 4 nitrogen and oxygen atoms in total. The van der Waals surface area contributed by atoms with Gasteiger partial charge in [-0.05, 0) is 48.4 Å². The summed E-state index contributed by atoms with van der Waals surface area (Å²) in [5, 5.41) is 2.96. The van der Waals surface area contributed by atoms with Crippen molar-refractivity contribution in [2.75, 3.05) is 6.61 Å². The van der Waals surface area contributed by atoms with Crippen molar-refractivity contribution in [3.05, 3.63) is 91.0 Å². The van der Waals surface area contributed by atoms with Crippen LogP contribution in [0.1, 0.15) is 26.2 Å². The lowest BCUT2D eigenvalue weighted by Gasteiger charge is -2.30. The monoisotopic (exact) mass is 458 g/mol. The van der Waals surface area contributed by atoms with Gasteiger partial charge in [-0.2, -0.15) is 0 Å². The van der Waals surface area contributed by atoms with E-state index < -0.39 is 24.1 Å².